The maximum atomic E-state index is 9.25. The van der Waals surface area contributed by atoms with Crippen LogP contribution in [0.15, 0.2) is 30.5 Å². The first-order chi connectivity index (χ1) is 8.53. The largest absolute Gasteiger partial charge is 0.398 e. The normalized spacial score (nSPS) is 11.7. The lowest BCUT2D eigenvalue weighted by Gasteiger charge is -2.22. The highest BCUT2D eigenvalue weighted by Crippen LogP contribution is 2.26. The highest BCUT2D eigenvalue weighted by molar-refractivity contribution is 5.99. The van der Waals surface area contributed by atoms with E-state index in [4.69, 9.17) is 5.73 Å². The average Bonchev–Trinajstić information content (AvgIpc) is 2.37. The molecule has 0 radical (unpaired) electrons. The summed E-state index contributed by atoms with van der Waals surface area (Å²) in [4.78, 5) is 4.34. The molecule has 4 heteroatoms. The molecule has 96 valence electrons. The summed E-state index contributed by atoms with van der Waals surface area (Å²) in [6, 6.07) is 7.70. The van der Waals surface area contributed by atoms with E-state index in [1.807, 2.05) is 38.1 Å². The summed E-state index contributed by atoms with van der Waals surface area (Å²) in [5.41, 5.74) is 6.51. The fourth-order valence-electron chi connectivity index (χ4n) is 1.75. The van der Waals surface area contributed by atoms with Gasteiger partial charge in [-0.2, -0.15) is 0 Å². The van der Waals surface area contributed by atoms with E-state index in [2.05, 4.69) is 10.3 Å². The zero-order chi connectivity index (χ0) is 13.2. The first kappa shape index (κ1) is 12.6. The van der Waals surface area contributed by atoms with E-state index in [9.17, 15) is 5.11 Å². The number of pyridine rings is 1. The van der Waals surface area contributed by atoms with E-state index in [0.717, 1.165) is 22.3 Å². The van der Waals surface area contributed by atoms with Gasteiger partial charge in [0.2, 0.25) is 0 Å². The minimum absolute atomic E-state index is 0.132. The van der Waals surface area contributed by atoms with Crippen molar-refractivity contribution in [1.82, 2.24) is 4.98 Å². The Bertz CT molecular complexity index is 552. The van der Waals surface area contributed by atoms with Gasteiger partial charge < -0.3 is 16.2 Å². The molecule has 4 N–H and O–H groups in total. The number of aliphatic hydroxyl groups excluding tert-OH is 1. The van der Waals surface area contributed by atoms with E-state index >= 15 is 0 Å². The number of anilines is 2. The summed E-state index contributed by atoms with van der Waals surface area (Å²) in [5.74, 6) is 0.807. The number of aliphatic hydroxyl groups is 1. The molecule has 1 aromatic heterocycles. The van der Waals surface area contributed by atoms with E-state index < -0.39 is 0 Å². The summed E-state index contributed by atoms with van der Waals surface area (Å²) >= 11 is 0. The Morgan fingerprint density at radius 2 is 2.06 bits per heavy atom. The third kappa shape index (κ3) is 2.54. The summed E-state index contributed by atoms with van der Waals surface area (Å²) in [7, 11) is 0. The van der Waals surface area contributed by atoms with Crippen LogP contribution in [0.25, 0.3) is 10.8 Å². The number of nitrogens with zero attached hydrogens (tertiary/aromatic N) is 1. The highest BCUT2D eigenvalue weighted by Gasteiger charge is 2.16. The molecule has 0 fully saturated rings. The van der Waals surface area contributed by atoms with Gasteiger partial charge in [0.25, 0.3) is 0 Å². The Kier molecular flexibility index (Phi) is 3.39. The van der Waals surface area contributed by atoms with Gasteiger partial charge in [0.05, 0.1) is 0 Å². The smallest absolute Gasteiger partial charge is 0.133 e. The number of aromatic nitrogens is 1. The van der Waals surface area contributed by atoms with Crippen molar-refractivity contribution >= 4 is 22.3 Å². The van der Waals surface area contributed by atoms with Crippen molar-refractivity contribution in [3.8, 4) is 0 Å². The molecule has 0 aliphatic carbocycles. The van der Waals surface area contributed by atoms with Crippen LogP contribution in [0, 0.1) is 5.41 Å². The molecule has 0 atom stereocenters. The summed E-state index contributed by atoms with van der Waals surface area (Å²) in [5, 5.41) is 14.5. The zero-order valence-electron chi connectivity index (χ0n) is 10.8. The molecule has 1 heterocycles. The third-order valence-corrected chi connectivity index (χ3v) is 3.00. The fraction of sp³-hybridized carbons (Fsp3) is 0.357. The van der Waals surface area contributed by atoms with Gasteiger partial charge in [-0.25, -0.2) is 4.98 Å². The molecular weight excluding hydrogens is 226 g/mol. The monoisotopic (exact) mass is 245 g/mol. The number of hydrogen-bond acceptors (Lipinski definition) is 4. The number of nitrogen functional groups attached to an aromatic ring is 1. The minimum atomic E-state index is -0.176. The van der Waals surface area contributed by atoms with Crippen LogP contribution >= 0.6 is 0 Å². The van der Waals surface area contributed by atoms with Gasteiger partial charge in [-0.1, -0.05) is 26.0 Å². The zero-order valence-corrected chi connectivity index (χ0v) is 10.8. The number of rotatable bonds is 4. The molecule has 0 bridgehead atoms. The predicted octanol–water partition coefficient (Wildman–Crippen LogP) is 2.25. The highest BCUT2D eigenvalue weighted by atomic mass is 16.3. The van der Waals surface area contributed by atoms with E-state index in [1.165, 1.54) is 0 Å². The second-order valence-corrected chi connectivity index (χ2v) is 5.28. The van der Waals surface area contributed by atoms with Crippen LogP contribution in [0.2, 0.25) is 0 Å². The molecule has 2 rings (SSSR count). The van der Waals surface area contributed by atoms with Crippen LogP contribution in [-0.4, -0.2) is 23.2 Å². The molecule has 0 unspecified atom stereocenters. The quantitative estimate of drug-likeness (QED) is 0.722. The Labute approximate surface area is 107 Å². The summed E-state index contributed by atoms with van der Waals surface area (Å²) < 4.78 is 0. The van der Waals surface area contributed by atoms with Crippen molar-refractivity contribution in [2.75, 3.05) is 24.2 Å². The molecule has 0 aliphatic rings. The van der Waals surface area contributed by atoms with Crippen molar-refractivity contribution in [3.05, 3.63) is 30.5 Å². The Morgan fingerprint density at radius 1 is 1.28 bits per heavy atom. The number of nitrogens with two attached hydrogens (primary N) is 1. The molecular formula is C14H19N3O. The molecule has 18 heavy (non-hydrogen) atoms. The maximum Gasteiger partial charge on any atom is 0.133 e. The van der Waals surface area contributed by atoms with Crippen molar-refractivity contribution in [3.63, 3.8) is 0 Å². The van der Waals surface area contributed by atoms with Crippen LogP contribution in [0.5, 0.6) is 0 Å². The first-order valence-electron chi connectivity index (χ1n) is 6.01. The number of hydrogen-bond donors (Lipinski definition) is 3. The summed E-state index contributed by atoms with van der Waals surface area (Å²) in [6.45, 7) is 4.79. The maximum absolute atomic E-state index is 9.25. The number of fused-ring (bicyclic) bond motifs is 1. The predicted molar refractivity (Wildman–Crippen MR) is 75.5 cm³/mol. The molecule has 4 nitrogen and oxygen atoms in total. The van der Waals surface area contributed by atoms with Crippen LogP contribution in [0.4, 0.5) is 11.5 Å². The first-order valence-corrected chi connectivity index (χ1v) is 6.01. The van der Waals surface area contributed by atoms with Crippen molar-refractivity contribution in [2.24, 2.45) is 5.41 Å². The van der Waals surface area contributed by atoms with Gasteiger partial charge in [-0.15, -0.1) is 0 Å². The Balaban J connectivity index is 2.32. The Morgan fingerprint density at radius 3 is 2.78 bits per heavy atom. The summed E-state index contributed by atoms with van der Waals surface area (Å²) in [6.07, 6.45) is 1.74. The van der Waals surface area contributed by atoms with E-state index in [0.29, 0.717) is 6.54 Å². The molecule has 0 saturated heterocycles. The van der Waals surface area contributed by atoms with Gasteiger partial charge in [0.1, 0.15) is 5.82 Å². The second-order valence-electron chi connectivity index (χ2n) is 5.28. The van der Waals surface area contributed by atoms with Gasteiger partial charge in [-0.3, -0.25) is 0 Å². The standard InChI is InChI=1S/C14H19N3O/c1-14(2,9-18)8-17-13-11-4-3-5-12(15)10(11)6-7-16-13/h3-7,18H,8-9,15H2,1-2H3,(H,16,17). The van der Waals surface area contributed by atoms with Gasteiger partial charge >= 0.3 is 0 Å². The molecule has 2 aromatic rings. The van der Waals surface area contributed by atoms with Crippen molar-refractivity contribution in [2.45, 2.75) is 13.8 Å². The molecule has 0 amide bonds. The lowest BCUT2D eigenvalue weighted by molar-refractivity contribution is 0.171. The van der Waals surface area contributed by atoms with Gasteiger partial charge in [-0.05, 0) is 12.1 Å². The van der Waals surface area contributed by atoms with Gasteiger partial charge in [0, 0.05) is 41.2 Å². The minimum Gasteiger partial charge on any atom is -0.398 e. The lowest BCUT2D eigenvalue weighted by Crippen LogP contribution is -2.27. The molecule has 0 aliphatic heterocycles. The number of nitrogens with one attached hydrogen (secondary N) is 1. The van der Waals surface area contributed by atoms with Crippen molar-refractivity contribution < 1.29 is 5.11 Å². The number of benzene rings is 1. The molecule has 0 spiro atoms. The van der Waals surface area contributed by atoms with E-state index in [1.54, 1.807) is 6.20 Å². The van der Waals surface area contributed by atoms with Crippen LogP contribution in [0.3, 0.4) is 0 Å². The third-order valence-electron chi connectivity index (χ3n) is 3.00. The van der Waals surface area contributed by atoms with Crippen LogP contribution < -0.4 is 11.1 Å². The van der Waals surface area contributed by atoms with Crippen LogP contribution in [0.1, 0.15) is 13.8 Å². The Hall–Kier alpha value is -1.81. The average molecular weight is 245 g/mol. The topological polar surface area (TPSA) is 71.2 Å². The molecule has 0 saturated carbocycles. The van der Waals surface area contributed by atoms with Crippen molar-refractivity contribution in [1.29, 1.82) is 0 Å². The van der Waals surface area contributed by atoms with E-state index in [-0.39, 0.29) is 12.0 Å². The lowest BCUT2D eigenvalue weighted by atomic mass is 9.95. The van der Waals surface area contributed by atoms with Gasteiger partial charge in [0.15, 0.2) is 0 Å². The second kappa shape index (κ2) is 4.82. The fourth-order valence-corrected chi connectivity index (χ4v) is 1.75. The molecule has 1 aromatic carbocycles. The SMILES string of the molecule is CC(C)(CO)CNc1nccc2c(N)cccc12. The van der Waals surface area contributed by atoms with Crippen LogP contribution in [-0.2, 0) is 0 Å².